The number of anilines is 1. The van der Waals surface area contributed by atoms with Crippen molar-refractivity contribution in [2.45, 2.75) is 64.5 Å². The molecular weight excluding hydrogens is 344 g/mol. The molecule has 150 valence electrons. The largest absolute Gasteiger partial charge is 0.381 e. The lowest BCUT2D eigenvalue weighted by Crippen LogP contribution is -2.38. The molecular formula is C20H32N4O3. The van der Waals surface area contributed by atoms with E-state index in [1.54, 1.807) is 7.11 Å². The predicted molar refractivity (Wildman–Crippen MR) is 105 cm³/mol. The molecule has 1 aromatic heterocycles. The zero-order chi connectivity index (χ0) is 19.4. The summed E-state index contributed by atoms with van der Waals surface area (Å²) in [5.41, 5.74) is 0.446. The number of hydrogen-bond acceptors (Lipinski definition) is 5. The van der Waals surface area contributed by atoms with E-state index >= 15 is 0 Å². The van der Waals surface area contributed by atoms with Crippen LogP contribution < -0.4 is 15.8 Å². The number of nitrogens with zero attached hydrogens (tertiary/aromatic N) is 2. The average molecular weight is 377 g/mol. The van der Waals surface area contributed by atoms with Crippen molar-refractivity contribution in [1.29, 1.82) is 0 Å². The van der Waals surface area contributed by atoms with Gasteiger partial charge in [-0.3, -0.25) is 14.6 Å². The highest BCUT2D eigenvalue weighted by atomic mass is 16.5. The summed E-state index contributed by atoms with van der Waals surface area (Å²) in [7, 11) is 1.73. The zero-order valence-electron chi connectivity index (χ0n) is 16.7. The molecule has 0 radical (unpaired) electrons. The Morgan fingerprint density at radius 3 is 2.56 bits per heavy atom. The van der Waals surface area contributed by atoms with Crippen molar-refractivity contribution in [2.75, 3.05) is 25.1 Å². The number of hydrogen-bond donors (Lipinski definition) is 2. The quantitative estimate of drug-likeness (QED) is 0.824. The first kappa shape index (κ1) is 19.9. The highest BCUT2D eigenvalue weighted by Gasteiger charge is 2.27. The Kier molecular flexibility index (Phi) is 6.52. The first-order valence-corrected chi connectivity index (χ1v) is 10.2. The van der Waals surface area contributed by atoms with E-state index in [1.807, 2.05) is 6.92 Å². The van der Waals surface area contributed by atoms with Gasteiger partial charge in [0.1, 0.15) is 0 Å². The molecule has 7 heteroatoms. The second-order valence-electron chi connectivity index (χ2n) is 8.10. The van der Waals surface area contributed by atoms with Gasteiger partial charge >= 0.3 is 0 Å². The van der Waals surface area contributed by atoms with Crippen LogP contribution in [-0.2, 0) is 9.53 Å². The zero-order valence-corrected chi connectivity index (χ0v) is 16.7. The maximum atomic E-state index is 12.6. The molecule has 2 heterocycles. The van der Waals surface area contributed by atoms with E-state index in [-0.39, 0.29) is 29.5 Å². The number of methoxy groups -OCH3 is 1. The summed E-state index contributed by atoms with van der Waals surface area (Å²) in [4.78, 5) is 34.4. The Morgan fingerprint density at radius 1 is 1.26 bits per heavy atom. The number of piperidine rings is 1. The SMILES string of the molecule is COC1CCC(C(=O)N[C@@H](C)c2cc(=O)[nH]c(N3CCC(C)CC3)n2)CC1. The Balaban J connectivity index is 1.63. The molecule has 1 aliphatic heterocycles. The van der Waals surface area contributed by atoms with E-state index in [4.69, 9.17) is 4.74 Å². The Bertz CT molecular complexity index is 689. The molecule has 27 heavy (non-hydrogen) atoms. The topological polar surface area (TPSA) is 87.3 Å². The van der Waals surface area contributed by atoms with E-state index in [0.29, 0.717) is 17.6 Å². The van der Waals surface area contributed by atoms with Crippen molar-refractivity contribution in [3.05, 3.63) is 22.1 Å². The minimum atomic E-state index is -0.289. The van der Waals surface area contributed by atoms with Crippen LogP contribution >= 0.6 is 0 Å². The summed E-state index contributed by atoms with van der Waals surface area (Å²) in [6.07, 6.45) is 6.01. The normalized spacial score (nSPS) is 25.2. The number of rotatable bonds is 5. The molecule has 1 aromatic rings. The van der Waals surface area contributed by atoms with Crippen molar-refractivity contribution >= 4 is 11.9 Å². The van der Waals surface area contributed by atoms with Crippen LogP contribution in [0.4, 0.5) is 5.95 Å². The summed E-state index contributed by atoms with van der Waals surface area (Å²) in [5.74, 6) is 1.39. The van der Waals surface area contributed by atoms with Crippen LogP contribution in [0.25, 0.3) is 0 Å². The molecule has 1 aliphatic carbocycles. The number of amides is 1. The Morgan fingerprint density at radius 2 is 1.93 bits per heavy atom. The van der Waals surface area contributed by atoms with Crippen molar-refractivity contribution < 1.29 is 9.53 Å². The lowest BCUT2D eigenvalue weighted by atomic mass is 9.86. The maximum absolute atomic E-state index is 12.6. The van der Waals surface area contributed by atoms with Gasteiger partial charge in [0.15, 0.2) is 0 Å². The third-order valence-corrected chi connectivity index (χ3v) is 6.01. The van der Waals surface area contributed by atoms with Crippen LogP contribution in [0.3, 0.4) is 0 Å². The molecule has 1 amide bonds. The first-order chi connectivity index (χ1) is 13.0. The molecule has 0 spiro atoms. The minimum absolute atomic E-state index is 0.0175. The van der Waals surface area contributed by atoms with Crippen LogP contribution in [0.5, 0.6) is 0 Å². The predicted octanol–water partition coefficient (Wildman–Crippen LogP) is 2.39. The number of aromatic amines is 1. The number of carbonyl (C=O) groups is 1. The number of H-pyrrole nitrogens is 1. The van der Waals surface area contributed by atoms with Crippen LogP contribution in [0.2, 0.25) is 0 Å². The number of nitrogens with one attached hydrogen (secondary N) is 2. The summed E-state index contributed by atoms with van der Waals surface area (Å²) < 4.78 is 5.38. The summed E-state index contributed by atoms with van der Waals surface area (Å²) in [6.45, 7) is 5.94. The standard InChI is InChI=1S/C20H32N4O3/c1-13-8-10-24(11-9-13)20-22-17(12-18(25)23-20)14(2)21-19(26)15-4-6-16(27-3)7-5-15/h12-16H,4-11H2,1-3H3,(H,21,26)(H,22,23,25)/t14-,15?,16?/m0/s1. The van der Waals surface area contributed by atoms with Crippen molar-refractivity contribution in [3.63, 3.8) is 0 Å². The Hall–Kier alpha value is -1.89. The fraction of sp³-hybridized carbons (Fsp3) is 0.750. The fourth-order valence-corrected chi connectivity index (χ4v) is 4.02. The molecule has 0 bridgehead atoms. The van der Waals surface area contributed by atoms with Gasteiger partial charge in [0.2, 0.25) is 11.9 Å². The van der Waals surface area contributed by atoms with Gasteiger partial charge < -0.3 is 15.0 Å². The van der Waals surface area contributed by atoms with Gasteiger partial charge in [-0.2, -0.15) is 0 Å². The maximum Gasteiger partial charge on any atom is 0.252 e. The smallest absolute Gasteiger partial charge is 0.252 e. The number of aromatic nitrogens is 2. The minimum Gasteiger partial charge on any atom is -0.381 e. The molecule has 2 fully saturated rings. The van der Waals surface area contributed by atoms with Crippen LogP contribution in [0.15, 0.2) is 10.9 Å². The molecule has 1 saturated carbocycles. The molecule has 0 aromatic carbocycles. The molecule has 2 N–H and O–H groups in total. The van der Waals surface area contributed by atoms with E-state index in [1.165, 1.54) is 6.07 Å². The van der Waals surface area contributed by atoms with Gasteiger partial charge in [0.25, 0.3) is 5.56 Å². The molecule has 0 unspecified atom stereocenters. The second kappa shape index (κ2) is 8.87. The molecule has 3 rings (SSSR count). The Labute approximate surface area is 160 Å². The summed E-state index contributed by atoms with van der Waals surface area (Å²) in [5, 5.41) is 3.05. The molecule has 2 aliphatic rings. The fourth-order valence-electron chi connectivity index (χ4n) is 4.02. The second-order valence-corrected chi connectivity index (χ2v) is 8.10. The molecule has 1 saturated heterocycles. The van der Waals surface area contributed by atoms with E-state index in [9.17, 15) is 9.59 Å². The summed E-state index contributed by atoms with van der Waals surface area (Å²) in [6, 6.07) is 1.20. The highest BCUT2D eigenvalue weighted by molar-refractivity contribution is 5.79. The van der Waals surface area contributed by atoms with Crippen LogP contribution in [-0.4, -0.2) is 42.2 Å². The lowest BCUT2D eigenvalue weighted by Gasteiger charge is -2.31. The van der Waals surface area contributed by atoms with Gasteiger partial charge in [0, 0.05) is 32.2 Å². The molecule has 1 atom stereocenters. The van der Waals surface area contributed by atoms with Gasteiger partial charge in [-0.15, -0.1) is 0 Å². The van der Waals surface area contributed by atoms with Crippen molar-refractivity contribution in [3.8, 4) is 0 Å². The monoisotopic (exact) mass is 376 g/mol. The van der Waals surface area contributed by atoms with Gasteiger partial charge in [-0.1, -0.05) is 6.92 Å². The average Bonchev–Trinajstić information content (AvgIpc) is 2.68. The van der Waals surface area contributed by atoms with Gasteiger partial charge in [-0.05, 0) is 51.4 Å². The van der Waals surface area contributed by atoms with E-state index in [2.05, 4.69) is 27.1 Å². The highest BCUT2D eigenvalue weighted by Crippen LogP contribution is 2.27. The van der Waals surface area contributed by atoms with Crippen molar-refractivity contribution in [1.82, 2.24) is 15.3 Å². The number of ether oxygens (including phenoxy) is 1. The lowest BCUT2D eigenvalue weighted by molar-refractivity contribution is -0.127. The van der Waals surface area contributed by atoms with Crippen molar-refractivity contribution in [2.24, 2.45) is 11.8 Å². The van der Waals surface area contributed by atoms with E-state index in [0.717, 1.165) is 51.6 Å². The van der Waals surface area contributed by atoms with Crippen LogP contribution in [0.1, 0.15) is 64.1 Å². The van der Waals surface area contributed by atoms with Gasteiger partial charge in [-0.25, -0.2) is 4.98 Å². The summed E-state index contributed by atoms with van der Waals surface area (Å²) >= 11 is 0. The first-order valence-electron chi connectivity index (χ1n) is 10.2. The third-order valence-electron chi connectivity index (χ3n) is 6.01. The number of carbonyl (C=O) groups excluding carboxylic acids is 1. The van der Waals surface area contributed by atoms with Gasteiger partial charge in [0.05, 0.1) is 17.8 Å². The molecule has 7 nitrogen and oxygen atoms in total. The third kappa shape index (κ3) is 5.09. The van der Waals surface area contributed by atoms with E-state index < -0.39 is 0 Å². The van der Waals surface area contributed by atoms with Crippen LogP contribution in [0, 0.1) is 11.8 Å².